The van der Waals surface area contributed by atoms with Gasteiger partial charge in [0.15, 0.2) is 11.5 Å². The van der Waals surface area contributed by atoms with Gasteiger partial charge in [0.25, 0.3) is 0 Å². The zero-order chi connectivity index (χ0) is 29.5. The number of hydrogen-bond donors (Lipinski definition) is 2. The van der Waals surface area contributed by atoms with Crippen molar-refractivity contribution in [1.82, 2.24) is 9.55 Å². The maximum Gasteiger partial charge on any atom is 0.586 e. The zero-order valence-electron chi connectivity index (χ0n) is 21.3. The number of hydrogen-bond acceptors (Lipinski definition) is 5. The molecule has 1 atom stereocenters. The Kier molecular flexibility index (Phi) is 7.05. The number of carboxylic acid groups (broad SMARTS) is 1. The molecule has 0 aliphatic carbocycles. The van der Waals surface area contributed by atoms with Crippen LogP contribution in [-0.4, -0.2) is 32.8 Å². The molecule has 0 spiro atoms. The van der Waals surface area contributed by atoms with Crippen molar-refractivity contribution >= 4 is 28.6 Å². The number of imidazole rings is 1. The van der Waals surface area contributed by atoms with E-state index in [4.69, 9.17) is 0 Å². The van der Waals surface area contributed by atoms with Crippen molar-refractivity contribution in [1.29, 1.82) is 0 Å². The minimum atomic E-state index is -4.87. The van der Waals surface area contributed by atoms with Crippen LogP contribution in [-0.2, 0) is 28.7 Å². The van der Waals surface area contributed by atoms with Gasteiger partial charge in [-0.15, -0.1) is 8.78 Å². The minimum Gasteiger partial charge on any atom is -0.481 e. The number of carbonyl (C=O) groups excluding carboxylic acids is 1. The number of benzene rings is 3. The Morgan fingerprint density at radius 2 is 1.80 bits per heavy atom. The normalized spacial score (nSPS) is 14.7. The summed E-state index contributed by atoms with van der Waals surface area (Å²) in [6.07, 6.45) is -8.45. The van der Waals surface area contributed by atoms with Crippen molar-refractivity contribution in [2.45, 2.75) is 44.7 Å². The molecule has 1 aromatic heterocycles. The summed E-state index contributed by atoms with van der Waals surface area (Å²) >= 11 is 0. The van der Waals surface area contributed by atoms with Crippen LogP contribution in [0.5, 0.6) is 11.5 Å². The third-order valence-corrected chi connectivity index (χ3v) is 6.58. The summed E-state index contributed by atoms with van der Waals surface area (Å²) < 4.78 is 78.7. The van der Waals surface area contributed by atoms with Gasteiger partial charge in [-0.3, -0.25) is 9.59 Å². The predicted molar refractivity (Wildman–Crippen MR) is 136 cm³/mol. The minimum absolute atomic E-state index is 0.0292. The Bertz CT molecular complexity index is 1630. The van der Waals surface area contributed by atoms with E-state index in [1.807, 2.05) is 0 Å². The lowest BCUT2D eigenvalue weighted by atomic mass is 9.95. The third-order valence-electron chi connectivity index (χ3n) is 6.58. The van der Waals surface area contributed by atoms with Gasteiger partial charge in [0.2, 0.25) is 11.7 Å². The molecule has 1 amide bonds. The molecule has 4 aromatic rings. The molecule has 0 saturated carbocycles. The summed E-state index contributed by atoms with van der Waals surface area (Å²) in [7, 11) is 0. The summed E-state index contributed by atoms with van der Waals surface area (Å²) in [5.74, 6) is -3.96. The highest BCUT2D eigenvalue weighted by Crippen LogP contribution is 2.44. The molecular formula is C28H22F5N3O5. The molecule has 41 heavy (non-hydrogen) atoms. The SMILES string of the molecule is CCC(C(=O)O)c1ccc(CC(=O)Nc2ccc3c(c2)nc(C(F)(F)F)n3Cc2cccc3c2OC(F)(F)O3)cc1. The Morgan fingerprint density at radius 3 is 2.46 bits per heavy atom. The van der Waals surface area contributed by atoms with Crippen molar-refractivity contribution in [3.8, 4) is 11.5 Å². The van der Waals surface area contributed by atoms with Gasteiger partial charge in [0.05, 0.1) is 29.9 Å². The van der Waals surface area contributed by atoms with Crippen LogP contribution in [0.15, 0.2) is 60.7 Å². The summed E-state index contributed by atoms with van der Waals surface area (Å²) in [6, 6.07) is 14.5. The van der Waals surface area contributed by atoms with Crippen molar-refractivity contribution in [2.75, 3.05) is 5.32 Å². The number of carboxylic acids is 1. The first-order valence-corrected chi connectivity index (χ1v) is 12.4. The van der Waals surface area contributed by atoms with Gasteiger partial charge in [0.1, 0.15) is 0 Å². The first-order valence-electron chi connectivity index (χ1n) is 12.4. The molecule has 1 unspecified atom stereocenters. The number of aliphatic carboxylic acids is 1. The lowest BCUT2D eigenvalue weighted by Gasteiger charge is -2.13. The highest BCUT2D eigenvalue weighted by molar-refractivity contribution is 5.94. The summed E-state index contributed by atoms with van der Waals surface area (Å²) in [4.78, 5) is 27.7. The quantitative estimate of drug-likeness (QED) is 0.243. The monoisotopic (exact) mass is 575 g/mol. The second-order valence-electron chi connectivity index (χ2n) is 9.40. The van der Waals surface area contributed by atoms with Crippen molar-refractivity contribution in [2.24, 2.45) is 0 Å². The van der Waals surface area contributed by atoms with Crippen LogP contribution in [0, 0.1) is 0 Å². The van der Waals surface area contributed by atoms with Crippen LogP contribution in [0.2, 0.25) is 0 Å². The number of anilines is 1. The van der Waals surface area contributed by atoms with E-state index in [0.29, 0.717) is 17.5 Å². The number of nitrogens with one attached hydrogen (secondary N) is 1. The van der Waals surface area contributed by atoms with Crippen LogP contribution in [0.25, 0.3) is 11.0 Å². The molecule has 3 aromatic carbocycles. The highest BCUT2D eigenvalue weighted by Gasteiger charge is 2.45. The van der Waals surface area contributed by atoms with E-state index in [-0.39, 0.29) is 40.2 Å². The van der Waals surface area contributed by atoms with E-state index in [9.17, 15) is 36.6 Å². The van der Waals surface area contributed by atoms with Crippen LogP contribution in [0.3, 0.4) is 0 Å². The van der Waals surface area contributed by atoms with Crippen LogP contribution >= 0.6 is 0 Å². The van der Waals surface area contributed by atoms with E-state index in [0.717, 1.165) is 4.57 Å². The molecule has 0 bridgehead atoms. The van der Waals surface area contributed by atoms with E-state index >= 15 is 0 Å². The van der Waals surface area contributed by atoms with E-state index in [2.05, 4.69) is 19.8 Å². The van der Waals surface area contributed by atoms with Gasteiger partial charge >= 0.3 is 18.4 Å². The van der Waals surface area contributed by atoms with E-state index in [1.54, 1.807) is 31.2 Å². The average molecular weight is 575 g/mol. The molecule has 0 radical (unpaired) electrons. The number of fused-ring (bicyclic) bond motifs is 2. The van der Waals surface area contributed by atoms with Crippen LogP contribution in [0.1, 0.15) is 41.8 Å². The van der Waals surface area contributed by atoms with Crippen LogP contribution in [0.4, 0.5) is 27.6 Å². The maximum absolute atomic E-state index is 13.9. The number of ether oxygens (including phenoxy) is 2. The highest BCUT2D eigenvalue weighted by atomic mass is 19.4. The Morgan fingerprint density at radius 1 is 1.07 bits per heavy atom. The second kappa shape index (κ2) is 10.4. The molecule has 8 nitrogen and oxygen atoms in total. The maximum atomic E-state index is 13.9. The van der Waals surface area contributed by atoms with Gasteiger partial charge in [-0.2, -0.15) is 13.2 Å². The molecule has 214 valence electrons. The van der Waals surface area contributed by atoms with Crippen molar-refractivity contribution in [3.05, 3.63) is 83.2 Å². The molecule has 2 heterocycles. The Balaban J connectivity index is 1.37. The summed E-state index contributed by atoms with van der Waals surface area (Å²) in [5.41, 5.74) is 1.43. The molecule has 1 aliphatic rings. The van der Waals surface area contributed by atoms with Crippen molar-refractivity contribution in [3.63, 3.8) is 0 Å². The number of aromatic nitrogens is 2. The van der Waals surface area contributed by atoms with E-state index in [1.165, 1.54) is 36.4 Å². The fourth-order valence-electron chi connectivity index (χ4n) is 4.72. The first-order chi connectivity index (χ1) is 19.3. The zero-order valence-corrected chi connectivity index (χ0v) is 21.3. The van der Waals surface area contributed by atoms with Gasteiger partial charge < -0.3 is 24.5 Å². The van der Waals surface area contributed by atoms with Gasteiger partial charge in [-0.25, -0.2) is 4.98 Å². The number of carbonyl (C=O) groups is 2. The van der Waals surface area contributed by atoms with Crippen molar-refractivity contribution < 1.29 is 46.1 Å². The summed E-state index contributed by atoms with van der Waals surface area (Å²) in [5, 5.41) is 11.9. The lowest BCUT2D eigenvalue weighted by Crippen LogP contribution is -2.26. The molecule has 1 aliphatic heterocycles. The second-order valence-corrected chi connectivity index (χ2v) is 9.40. The molecule has 2 N–H and O–H groups in total. The predicted octanol–water partition coefficient (Wildman–Crippen LogP) is 6.18. The van der Waals surface area contributed by atoms with E-state index < -0.39 is 42.6 Å². The topological polar surface area (TPSA) is 103 Å². The molecule has 0 saturated heterocycles. The number of rotatable bonds is 8. The van der Waals surface area contributed by atoms with Gasteiger partial charge in [0, 0.05) is 11.3 Å². The fourth-order valence-corrected chi connectivity index (χ4v) is 4.72. The first kappa shape index (κ1) is 27.9. The number of amides is 1. The Labute approximate surface area is 229 Å². The third kappa shape index (κ3) is 5.79. The molecule has 13 heteroatoms. The number of para-hydroxylation sites is 1. The molecule has 0 fully saturated rings. The summed E-state index contributed by atoms with van der Waals surface area (Å²) in [6.45, 7) is 1.27. The smallest absolute Gasteiger partial charge is 0.481 e. The Hall–Kier alpha value is -4.68. The number of alkyl halides is 5. The number of nitrogens with zero attached hydrogens (tertiary/aromatic N) is 2. The largest absolute Gasteiger partial charge is 0.586 e. The lowest BCUT2D eigenvalue weighted by molar-refractivity contribution is -0.287. The van der Waals surface area contributed by atoms with Crippen LogP contribution < -0.4 is 14.8 Å². The molecule has 5 rings (SSSR count). The van der Waals surface area contributed by atoms with Gasteiger partial charge in [-0.1, -0.05) is 43.3 Å². The average Bonchev–Trinajstić information content (AvgIpc) is 3.41. The standard InChI is InChI=1S/C28H22F5N3O5/c1-2-19(25(38)39)16-8-6-15(7-9-16)12-23(37)34-18-10-11-21-20(13-18)35-26(27(29,30)31)36(21)14-17-4-3-5-22-24(17)41-28(32,33)40-22/h3-11,13,19H,2,12,14H2,1H3,(H,34,37)(H,38,39). The fraction of sp³-hybridized carbons (Fsp3) is 0.250. The number of halogens is 5. The molecular weight excluding hydrogens is 553 g/mol. The van der Waals surface area contributed by atoms with Gasteiger partial charge in [-0.05, 0) is 41.8 Å².